The first-order valence-corrected chi connectivity index (χ1v) is 13.3. The SMILES string of the molecule is CC1(CN2CC3(CCN(c4ccc5c(c4)CN([C@H]4CCC(=O)NC4=O)C5=O)CC3)C2)CCNCC1. The minimum atomic E-state index is -0.556. The average molecular weight is 480 g/mol. The molecule has 4 fully saturated rings. The van der Waals surface area contributed by atoms with Crippen LogP contribution in [0, 0.1) is 10.8 Å². The molecule has 8 nitrogen and oxygen atoms in total. The molecule has 0 radical (unpaired) electrons. The Morgan fingerprint density at radius 2 is 1.77 bits per heavy atom. The summed E-state index contributed by atoms with van der Waals surface area (Å²) in [5.41, 5.74) is 3.80. The molecule has 1 spiro atoms. The van der Waals surface area contributed by atoms with Crippen molar-refractivity contribution in [3.63, 3.8) is 0 Å². The monoisotopic (exact) mass is 479 g/mol. The van der Waals surface area contributed by atoms with Gasteiger partial charge in [0.05, 0.1) is 0 Å². The fourth-order valence-electron chi connectivity index (χ4n) is 7.06. The van der Waals surface area contributed by atoms with Crippen molar-refractivity contribution in [3.8, 4) is 0 Å². The molecule has 0 aromatic heterocycles. The van der Waals surface area contributed by atoms with Gasteiger partial charge in [0.15, 0.2) is 0 Å². The molecule has 4 saturated heterocycles. The van der Waals surface area contributed by atoms with E-state index < -0.39 is 6.04 Å². The number of hydrogen-bond acceptors (Lipinski definition) is 6. The van der Waals surface area contributed by atoms with Crippen LogP contribution in [0.15, 0.2) is 18.2 Å². The van der Waals surface area contributed by atoms with E-state index in [-0.39, 0.29) is 24.1 Å². The van der Waals surface area contributed by atoms with Gasteiger partial charge in [-0.05, 0) is 79.8 Å². The number of rotatable bonds is 4. The molecular weight excluding hydrogens is 442 g/mol. The second-order valence-electron chi connectivity index (χ2n) is 11.9. The zero-order valence-electron chi connectivity index (χ0n) is 20.8. The summed E-state index contributed by atoms with van der Waals surface area (Å²) in [6, 6.07) is 5.57. The van der Waals surface area contributed by atoms with Crippen molar-refractivity contribution >= 4 is 23.4 Å². The maximum absolute atomic E-state index is 13.0. The zero-order chi connectivity index (χ0) is 24.2. The first-order chi connectivity index (χ1) is 16.8. The molecule has 6 rings (SSSR count). The highest BCUT2D eigenvalue weighted by Gasteiger charge is 2.46. The topological polar surface area (TPSA) is 85.0 Å². The molecule has 3 amide bonds. The van der Waals surface area contributed by atoms with Crippen LogP contribution in [0.2, 0.25) is 0 Å². The summed E-state index contributed by atoms with van der Waals surface area (Å²) in [5, 5.41) is 5.87. The lowest BCUT2D eigenvalue weighted by Gasteiger charge is -2.56. The average Bonchev–Trinajstić information content (AvgIpc) is 3.14. The summed E-state index contributed by atoms with van der Waals surface area (Å²) >= 11 is 0. The number of piperidine rings is 3. The molecule has 0 unspecified atom stereocenters. The predicted molar refractivity (Wildman–Crippen MR) is 133 cm³/mol. The van der Waals surface area contributed by atoms with Gasteiger partial charge in [0.25, 0.3) is 5.91 Å². The van der Waals surface area contributed by atoms with Crippen molar-refractivity contribution in [2.24, 2.45) is 10.8 Å². The van der Waals surface area contributed by atoms with Crippen LogP contribution in [0.5, 0.6) is 0 Å². The molecule has 1 aromatic carbocycles. The largest absolute Gasteiger partial charge is 0.371 e. The van der Waals surface area contributed by atoms with Gasteiger partial charge < -0.3 is 20.0 Å². The summed E-state index contributed by atoms with van der Waals surface area (Å²) in [7, 11) is 0. The second-order valence-corrected chi connectivity index (χ2v) is 11.9. The predicted octanol–water partition coefficient (Wildman–Crippen LogP) is 1.74. The van der Waals surface area contributed by atoms with Crippen LogP contribution in [0.1, 0.15) is 61.4 Å². The van der Waals surface area contributed by atoms with Gasteiger partial charge in [-0.25, -0.2) is 0 Å². The van der Waals surface area contributed by atoms with Crippen LogP contribution in [0.3, 0.4) is 0 Å². The van der Waals surface area contributed by atoms with Crippen molar-refractivity contribution < 1.29 is 14.4 Å². The molecule has 35 heavy (non-hydrogen) atoms. The number of hydrogen-bond donors (Lipinski definition) is 2. The highest BCUT2D eigenvalue weighted by molar-refractivity contribution is 6.05. The Bertz CT molecular complexity index is 1030. The number of nitrogens with zero attached hydrogens (tertiary/aromatic N) is 3. The first-order valence-electron chi connectivity index (χ1n) is 13.3. The molecule has 1 atom stereocenters. The van der Waals surface area contributed by atoms with Gasteiger partial charge in [-0.3, -0.25) is 19.7 Å². The number of anilines is 1. The van der Waals surface area contributed by atoms with E-state index in [0.29, 0.717) is 29.4 Å². The number of benzene rings is 1. The lowest BCUT2D eigenvalue weighted by atomic mass is 9.70. The van der Waals surface area contributed by atoms with Gasteiger partial charge in [0.1, 0.15) is 6.04 Å². The smallest absolute Gasteiger partial charge is 0.255 e. The number of carbonyl (C=O) groups excluding carboxylic acids is 3. The molecular formula is C27H37N5O3. The quantitative estimate of drug-likeness (QED) is 0.640. The van der Waals surface area contributed by atoms with Crippen LogP contribution >= 0.6 is 0 Å². The highest BCUT2D eigenvalue weighted by atomic mass is 16.2. The second kappa shape index (κ2) is 8.59. The molecule has 5 aliphatic rings. The Kier molecular flexibility index (Phi) is 5.64. The number of imide groups is 1. The van der Waals surface area contributed by atoms with E-state index in [9.17, 15) is 14.4 Å². The fraction of sp³-hybridized carbons (Fsp3) is 0.667. The number of nitrogens with one attached hydrogen (secondary N) is 2. The van der Waals surface area contributed by atoms with Gasteiger partial charge in [0, 0.05) is 56.9 Å². The number of fused-ring (bicyclic) bond motifs is 1. The third kappa shape index (κ3) is 4.25. The van der Waals surface area contributed by atoms with Crippen molar-refractivity contribution in [2.45, 2.75) is 58.0 Å². The van der Waals surface area contributed by atoms with E-state index in [1.165, 1.54) is 51.0 Å². The summed E-state index contributed by atoms with van der Waals surface area (Å²) in [4.78, 5) is 43.6. The van der Waals surface area contributed by atoms with Crippen molar-refractivity contribution in [3.05, 3.63) is 29.3 Å². The first kappa shape index (κ1) is 23.0. The van der Waals surface area contributed by atoms with Crippen molar-refractivity contribution in [1.82, 2.24) is 20.4 Å². The zero-order valence-corrected chi connectivity index (χ0v) is 20.8. The lowest BCUT2D eigenvalue weighted by molar-refractivity contribution is -0.136. The van der Waals surface area contributed by atoms with Gasteiger partial charge >= 0.3 is 0 Å². The molecule has 0 aliphatic carbocycles. The third-order valence-corrected chi connectivity index (χ3v) is 9.23. The van der Waals surface area contributed by atoms with E-state index in [1.807, 2.05) is 6.07 Å². The Morgan fingerprint density at radius 1 is 1.03 bits per heavy atom. The fourth-order valence-corrected chi connectivity index (χ4v) is 7.06. The van der Waals surface area contributed by atoms with E-state index in [1.54, 1.807) is 4.90 Å². The number of carbonyl (C=O) groups is 3. The van der Waals surface area contributed by atoms with Gasteiger partial charge in [-0.15, -0.1) is 0 Å². The summed E-state index contributed by atoms with van der Waals surface area (Å²) in [5.74, 6) is -0.709. The summed E-state index contributed by atoms with van der Waals surface area (Å²) < 4.78 is 0. The van der Waals surface area contributed by atoms with Gasteiger partial charge in [-0.1, -0.05) is 6.92 Å². The van der Waals surface area contributed by atoms with E-state index in [4.69, 9.17) is 0 Å². The van der Waals surface area contributed by atoms with E-state index in [0.717, 1.165) is 31.7 Å². The van der Waals surface area contributed by atoms with Crippen LogP contribution in [-0.2, 0) is 16.1 Å². The maximum Gasteiger partial charge on any atom is 0.255 e. The molecule has 1 aromatic rings. The minimum Gasteiger partial charge on any atom is -0.371 e. The molecule has 0 saturated carbocycles. The van der Waals surface area contributed by atoms with Crippen LogP contribution in [0.4, 0.5) is 5.69 Å². The standard InChI is InChI=1S/C27H37N5O3/c1-26(6-10-28-11-7-26)16-30-17-27(18-30)8-12-31(13-9-27)20-2-3-21-19(14-20)15-32(25(21)35)22-4-5-23(33)29-24(22)34/h2-3,14,22,28H,4-13,15-18H2,1H3,(H,29,33,34)/t22-/m0/s1. The maximum atomic E-state index is 13.0. The Hall–Kier alpha value is -2.45. The van der Waals surface area contributed by atoms with Crippen LogP contribution < -0.4 is 15.5 Å². The van der Waals surface area contributed by atoms with Crippen LogP contribution in [-0.4, -0.2) is 79.4 Å². The molecule has 5 heterocycles. The molecule has 8 heteroatoms. The van der Waals surface area contributed by atoms with Crippen molar-refractivity contribution in [2.75, 3.05) is 50.7 Å². The summed E-state index contributed by atoms with van der Waals surface area (Å²) in [6.45, 7) is 11.0. The lowest BCUT2D eigenvalue weighted by Crippen LogP contribution is -2.62. The Labute approximate surface area is 207 Å². The minimum absolute atomic E-state index is 0.101. The molecule has 5 aliphatic heterocycles. The highest BCUT2D eigenvalue weighted by Crippen LogP contribution is 2.44. The van der Waals surface area contributed by atoms with E-state index >= 15 is 0 Å². The Morgan fingerprint density at radius 3 is 2.49 bits per heavy atom. The Balaban J connectivity index is 1.05. The van der Waals surface area contributed by atoms with Crippen LogP contribution in [0.25, 0.3) is 0 Å². The number of likely N-dealkylation sites (tertiary alicyclic amines) is 1. The molecule has 188 valence electrons. The normalized spacial score (nSPS) is 28.1. The molecule has 2 N–H and O–H groups in total. The van der Waals surface area contributed by atoms with E-state index in [2.05, 4.69) is 39.5 Å². The van der Waals surface area contributed by atoms with Gasteiger partial charge in [-0.2, -0.15) is 0 Å². The molecule has 0 bridgehead atoms. The van der Waals surface area contributed by atoms with Crippen molar-refractivity contribution in [1.29, 1.82) is 0 Å². The third-order valence-electron chi connectivity index (χ3n) is 9.23. The van der Waals surface area contributed by atoms with Gasteiger partial charge in [0.2, 0.25) is 11.8 Å². The summed E-state index contributed by atoms with van der Waals surface area (Å²) in [6.07, 6.45) is 5.70. The number of amides is 3.